The van der Waals surface area contributed by atoms with E-state index in [0.717, 1.165) is 12.6 Å². The van der Waals surface area contributed by atoms with Gasteiger partial charge in [0, 0.05) is 18.7 Å². The first-order valence-electron chi connectivity index (χ1n) is 9.74. The van der Waals surface area contributed by atoms with Crippen LogP contribution in [0.3, 0.4) is 0 Å². The maximum absolute atomic E-state index is 13.8. The largest absolute Gasteiger partial charge is 0.450 e. The molecule has 0 saturated carbocycles. The molecule has 0 bridgehead atoms. The fraction of sp³-hybridized carbons (Fsp3) is 0.273. The van der Waals surface area contributed by atoms with Crippen molar-refractivity contribution in [2.75, 3.05) is 27.2 Å². The van der Waals surface area contributed by atoms with Crippen molar-refractivity contribution in [1.29, 1.82) is 0 Å². The third-order valence-electron chi connectivity index (χ3n) is 5.35. The quantitative estimate of drug-likeness (QED) is 0.444. The summed E-state index contributed by atoms with van der Waals surface area (Å²) in [6.07, 6.45) is 0.651. The number of carbonyl (C=O) groups excluding carboxylic acids is 1. The SMILES string of the molecule is CN(C)CCCN1C(=O)c2oc3ccc(F)cc3c(=O)c2[C@H]1c1ccc([N+](=O)[O-])cc1. The second kappa shape index (κ2) is 7.92. The topological polar surface area (TPSA) is 96.9 Å². The molecular formula is C22H20FN3O5. The smallest absolute Gasteiger partial charge is 0.290 e. The van der Waals surface area contributed by atoms with Crippen LogP contribution in [0.5, 0.6) is 0 Å². The average molecular weight is 425 g/mol. The fourth-order valence-corrected chi connectivity index (χ4v) is 3.91. The third-order valence-corrected chi connectivity index (χ3v) is 5.35. The molecule has 1 aromatic heterocycles. The molecule has 1 atom stereocenters. The summed E-state index contributed by atoms with van der Waals surface area (Å²) in [5.74, 6) is -1.09. The maximum atomic E-state index is 13.8. The van der Waals surface area contributed by atoms with Gasteiger partial charge in [-0.15, -0.1) is 0 Å². The van der Waals surface area contributed by atoms with Crippen molar-refractivity contribution in [3.05, 3.63) is 85.5 Å². The molecule has 1 aliphatic rings. The first kappa shape index (κ1) is 20.7. The Morgan fingerprint density at radius 3 is 2.52 bits per heavy atom. The fourth-order valence-electron chi connectivity index (χ4n) is 3.91. The van der Waals surface area contributed by atoms with Gasteiger partial charge in [-0.1, -0.05) is 0 Å². The van der Waals surface area contributed by atoms with Crippen LogP contribution in [-0.4, -0.2) is 47.8 Å². The van der Waals surface area contributed by atoms with Gasteiger partial charge in [0.2, 0.25) is 5.76 Å². The van der Waals surface area contributed by atoms with E-state index in [0.29, 0.717) is 18.5 Å². The molecule has 0 saturated heterocycles. The average Bonchev–Trinajstić information content (AvgIpc) is 3.01. The second-order valence-corrected chi connectivity index (χ2v) is 7.72. The van der Waals surface area contributed by atoms with E-state index in [1.165, 1.54) is 41.3 Å². The van der Waals surface area contributed by atoms with Gasteiger partial charge in [-0.25, -0.2) is 4.39 Å². The van der Waals surface area contributed by atoms with Crippen molar-refractivity contribution < 1.29 is 18.5 Å². The highest BCUT2D eigenvalue weighted by molar-refractivity contribution is 5.99. The van der Waals surface area contributed by atoms with E-state index in [9.17, 15) is 24.1 Å². The molecule has 1 amide bonds. The Morgan fingerprint density at radius 1 is 1.16 bits per heavy atom. The summed E-state index contributed by atoms with van der Waals surface area (Å²) in [4.78, 5) is 40.5. The van der Waals surface area contributed by atoms with Gasteiger partial charge in [0.05, 0.1) is 21.9 Å². The molecule has 2 heterocycles. The number of halogens is 1. The van der Waals surface area contributed by atoms with Crippen LogP contribution in [0.2, 0.25) is 0 Å². The van der Waals surface area contributed by atoms with Crippen LogP contribution in [-0.2, 0) is 0 Å². The minimum absolute atomic E-state index is 0.0496. The first-order chi connectivity index (χ1) is 14.8. The number of hydrogen-bond donors (Lipinski definition) is 0. The van der Waals surface area contributed by atoms with Crippen LogP contribution in [0.25, 0.3) is 11.0 Å². The van der Waals surface area contributed by atoms with Crippen molar-refractivity contribution in [2.45, 2.75) is 12.5 Å². The summed E-state index contributed by atoms with van der Waals surface area (Å²) in [5, 5.41) is 11.1. The highest BCUT2D eigenvalue weighted by Gasteiger charge is 2.42. The number of nitrogens with zero attached hydrogens (tertiary/aromatic N) is 3. The number of nitro benzene ring substituents is 1. The van der Waals surface area contributed by atoms with Gasteiger partial charge >= 0.3 is 0 Å². The third kappa shape index (κ3) is 3.68. The lowest BCUT2D eigenvalue weighted by atomic mass is 9.98. The van der Waals surface area contributed by atoms with Gasteiger partial charge in [-0.3, -0.25) is 19.7 Å². The standard InChI is InChI=1S/C22H20FN3O5/c1-24(2)10-3-11-25-19(13-4-7-15(8-5-13)26(29)30)18-20(27)16-12-14(23)6-9-17(16)31-21(18)22(25)28/h4-9,12,19H,3,10-11H2,1-2H3/t19-/m1/s1. The summed E-state index contributed by atoms with van der Waals surface area (Å²) < 4.78 is 19.5. The zero-order valence-corrected chi connectivity index (χ0v) is 17.0. The highest BCUT2D eigenvalue weighted by atomic mass is 19.1. The van der Waals surface area contributed by atoms with Gasteiger partial charge < -0.3 is 14.2 Å². The van der Waals surface area contributed by atoms with Crippen molar-refractivity contribution in [3.8, 4) is 0 Å². The van der Waals surface area contributed by atoms with Gasteiger partial charge in [0.1, 0.15) is 11.4 Å². The molecule has 0 fully saturated rings. The molecule has 9 heteroatoms. The number of rotatable bonds is 6. The van der Waals surface area contributed by atoms with Gasteiger partial charge in [0.15, 0.2) is 5.43 Å². The number of hydrogen-bond acceptors (Lipinski definition) is 6. The molecule has 0 aliphatic carbocycles. The second-order valence-electron chi connectivity index (χ2n) is 7.72. The monoisotopic (exact) mass is 425 g/mol. The number of benzene rings is 2. The van der Waals surface area contributed by atoms with Gasteiger partial charge in [0.25, 0.3) is 11.6 Å². The predicted octanol–water partition coefficient (Wildman–Crippen LogP) is 3.34. The van der Waals surface area contributed by atoms with Crippen LogP contribution in [0.15, 0.2) is 51.7 Å². The van der Waals surface area contributed by atoms with E-state index in [-0.39, 0.29) is 28.0 Å². The molecule has 0 spiro atoms. The Balaban J connectivity index is 1.87. The van der Waals surface area contributed by atoms with Gasteiger partial charge in [-0.05, 0) is 63.0 Å². The molecule has 2 aromatic carbocycles. The Bertz CT molecular complexity index is 1240. The van der Waals surface area contributed by atoms with E-state index in [1.807, 2.05) is 19.0 Å². The van der Waals surface area contributed by atoms with E-state index in [4.69, 9.17) is 4.42 Å². The Kier molecular flexibility index (Phi) is 5.28. The predicted molar refractivity (Wildman–Crippen MR) is 112 cm³/mol. The number of carbonyl (C=O) groups is 1. The molecule has 31 heavy (non-hydrogen) atoms. The minimum atomic E-state index is -0.769. The first-order valence-corrected chi connectivity index (χ1v) is 9.74. The van der Waals surface area contributed by atoms with Gasteiger partial charge in [-0.2, -0.15) is 0 Å². The Hall–Kier alpha value is -3.59. The summed E-state index contributed by atoms with van der Waals surface area (Å²) >= 11 is 0. The van der Waals surface area contributed by atoms with Crippen LogP contribution >= 0.6 is 0 Å². The molecule has 0 radical (unpaired) electrons. The Labute approximate surface area is 176 Å². The number of nitro groups is 1. The van der Waals surface area contributed by atoms with Crippen LogP contribution < -0.4 is 5.43 Å². The highest BCUT2D eigenvalue weighted by Crippen LogP contribution is 2.38. The number of fused-ring (bicyclic) bond motifs is 2. The van der Waals surface area contributed by atoms with Crippen LogP contribution in [0.4, 0.5) is 10.1 Å². The van der Waals surface area contributed by atoms with E-state index in [2.05, 4.69) is 0 Å². The summed E-state index contributed by atoms with van der Waals surface area (Å²) in [6, 6.07) is 8.53. The maximum Gasteiger partial charge on any atom is 0.290 e. The lowest BCUT2D eigenvalue weighted by Gasteiger charge is -2.25. The molecule has 0 N–H and O–H groups in total. The van der Waals surface area contributed by atoms with E-state index >= 15 is 0 Å². The minimum Gasteiger partial charge on any atom is -0.450 e. The van der Waals surface area contributed by atoms with Crippen molar-refractivity contribution in [2.24, 2.45) is 0 Å². The zero-order valence-electron chi connectivity index (χ0n) is 17.0. The summed E-state index contributed by atoms with van der Waals surface area (Å²) in [6.45, 7) is 1.08. The normalized spacial score (nSPS) is 15.7. The van der Waals surface area contributed by atoms with Crippen LogP contribution in [0, 0.1) is 15.9 Å². The molecule has 3 aromatic rings. The Morgan fingerprint density at radius 2 is 1.87 bits per heavy atom. The molecule has 8 nitrogen and oxygen atoms in total. The van der Waals surface area contributed by atoms with Crippen molar-refractivity contribution in [3.63, 3.8) is 0 Å². The molecule has 160 valence electrons. The van der Waals surface area contributed by atoms with E-state index in [1.54, 1.807) is 0 Å². The number of non-ortho nitro benzene ring substituents is 1. The molecular weight excluding hydrogens is 405 g/mol. The lowest BCUT2D eigenvalue weighted by Crippen LogP contribution is -2.32. The summed E-state index contributed by atoms with van der Waals surface area (Å²) in [5.41, 5.74) is 0.228. The number of amides is 1. The molecule has 0 unspecified atom stereocenters. The van der Waals surface area contributed by atoms with E-state index < -0.39 is 28.1 Å². The van der Waals surface area contributed by atoms with Crippen molar-refractivity contribution >= 4 is 22.6 Å². The zero-order chi connectivity index (χ0) is 22.3. The van der Waals surface area contributed by atoms with Crippen molar-refractivity contribution in [1.82, 2.24) is 9.80 Å². The summed E-state index contributed by atoms with van der Waals surface area (Å²) in [7, 11) is 3.83. The molecule has 1 aliphatic heterocycles. The molecule has 4 rings (SSSR count). The lowest BCUT2D eigenvalue weighted by molar-refractivity contribution is -0.384. The van der Waals surface area contributed by atoms with Crippen LogP contribution in [0.1, 0.15) is 34.1 Å².